The Bertz CT molecular complexity index is 820. The van der Waals surface area contributed by atoms with Gasteiger partial charge in [0, 0.05) is 25.7 Å². The number of halogens is 1. The zero-order valence-corrected chi connectivity index (χ0v) is 17.1. The molecule has 1 aromatic rings. The molecule has 0 spiro atoms. The van der Waals surface area contributed by atoms with E-state index in [9.17, 15) is 8.42 Å². The van der Waals surface area contributed by atoms with E-state index in [1.54, 1.807) is 36.7 Å². The highest BCUT2D eigenvalue weighted by atomic mass is 35.5. The van der Waals surface area contributed by atoms with Crippen LogP contribution in [0.1, 0.15) is 19.4 Å². The van der Waals surface area contributed by atoms with Crippen molar-refractivity contribution < 1.29 is 8.42 Å². The zero-order valence-electron chi connectivity index (χ0n) is 15.5. The van der Waals surface area contributed by atoms with Crippen molar-refractivity contribution in [3.63, 3.8) is 0 Å². The molecule has 2 rings (SSSR count). The molecule has 26 heavy (non-hydrogen) atoms. The minimum absolute atomic E-state index is 0.100. The first-order valence-corrected chi connectivity index (χ1v) is 10.4. The van der Waals surface area contributed by atoms with Gasteiger partial charge in [-0.2, -0.15) is 0 Å². The smallest absolute Gasteiger partial charge is 0.240 e. The largest absolute Gasteiger partial charge is 0.366 e. The van der Waals surface area contributed by atoms with E-state index in [0.29, 0.717) is 16.4 Å². The molecule has 2 atom stereocenters. The van der Waals surface area contributed by atoms with Crippen molar-refractivity contribution in [1.82, 2.24) is 9.21 Å². The average Bonchev–Trinajstić information content (AvgIpc) is 2.59. The molecular weight excluding hydrogens is 372 g/mol. The van der Waals surface area contributed by atoms with E-state index in [0.717, 1.165) is 6.54 Å². The summed E-state index contributed by atoms with van der Waals surface area (Å²) in [6, 6.07) is 6.62. The molecule has 0 radical (unpaired) electrons. The molecule has 0 saturated carbocycles. The number of likely N-dealkylation sites (N-methyl/N-ethyl adjacent to an activating group) is 1. The van der Waals surface area contributed by atoms with Gasteiger partial charge in [0.25, 0.3) is 0 Å². The fraction of sp³-hybridized carbons (Fsp3) is 0.444. The topological polar surface area (TPSA) is 65.3 Å². The molecule has 0 N–H and O–H groups in total. The van der Waals surface area contributed by atoms with E-state index in [2.05, 4.69) is 9.98 Å². The molecule has 2 unspecified atom stereocenters. The molecule has 0 saturated heterocycles. The fourth-order valence-corrected chi connectivity index (χ4v) is 3.78. The molecular formula is C18H25ClN4O2S. The quantitative estimate of drug-likeness (QED) is 0.548. The second-order valence-electron chi connectivity index (χ2n) is 6.27. The van der Waals surface area contributed by atoms with Crippen LogP contribution in [0.4, 0.5) is 0 Å². The molecule has 1 aromatic carbocycles. The van der Waals surface area contributed by atoms with Crippen LogP contribution < -0.4 is 0 Å². The van der Waals surface area contributed by atoms with Crippen LogP contribution in [0.5, 0.6) is 0 Å². The number of hydrogen-bond donors (Lipinski definition) is 0. The predicted octanol–water partition coefficient (Wildman–Crippen LogP) is 2.81. The Kier molecular flexibility index (Phi) is 6.83. The molecule has 1 aliphatic heterocycles. The molecule has 0 aliphatic carbocycles. The molecule has 1 heterocycles. The maximum absolute atomic E-state index is 12.7. The first-order chi connectivity index (χ1) is 12.2. The van der Waals surface area contributed by atoms with Gasteiger partial charge in [0.1, 0.15) is 5.84 Å². The van der Waals surface area contributed by atoms with Crippen LogP contribution in [0, 0.1) is 0 Å². The van der Waals surface area contributed by atoms with Crippen molar-refractivity contribution in [1.29, 1.82) is 0 Å². The Labute approximate surface area is 160 Å². The molecule has 0 amide bonds. The minimum atomic E-state index is -3.55. The van der Waals surface area contributed by atoms with Crippen molar-refractivity contribution in [2.24, 2.45) is 9.98 Å². The summed E-state index contributed by atoms with van der Waals surface area (Å²) in [5.41, 5.74) is 0.642. The number of aliphatic imine (C=N–C) groups is 2. The highest BCUT2D eigenvalue weighted by molar-refractivity contribution is 7.88. The predicted molar refractivity (Wildman–Crippen MR) is 108 cm³/mol. The maximum Gasteiger partial charge on any atom is 0.240 e. The van der Waals surface area contributed by atoms with Crippen molar-refractivity contribution in [3.8, 4) is 0 Å². The van der Waals surface area contributed by atoms with E-state index in [-0.39, 0.29) is 17.8 Å². The van der Waals surface area contributed by atoms with E-state index < -0.39 is 10.0 Å². The zero-order chi connectivity index (χ0) is 19.3. The number of amidine groups is 1. The van der Waals surface area contributed by atoms with Crippen molar-refractivity contribution in [2.45, 2.75) is 31.7 Å². The number of sulfonamides is 1. The molecule has 6 nitrogen and oxygen atoms in total. The maximum atomic E-state index is 12.7. The standard InChI is InChI=1S/C18H25ClN4O2S/c1-5-22(3)13-20-17-9-10-18(21-14(17)2)23(4)26(24,25)12-15-7-6-8-16(19)11-15/h6-11,13-14,17H,5,12H2,1-4H3. The Morgan fingerprint density at radius 1 is 1.35 bits per heavy atom. The van der Waals surface area contributed by atoms with Crippen LogP contribution in [0.2, 0.25) is 5.02 Å². The normalized spacial score (nSPS) is 20.3. The van der Waals surface area contributed by atoms with Gasteiger partial charge in [-0.05, 0) is 37.6 Å². The summed E-state index contributed by atoms with van der Waals surface area (Å²) < 4.78 is 26.6. The Hall–Kier alpha value is -1.86. The van der Waals surface area contributed by atoms with Gasteiger partial charge in [-0.25, -0.2) is 8.42 Å². The summed E-state index contributed by atoms with van der Waals surface area (Å²) in [7, 11) is -0.0862. The van der Waals surface area contributed by atoms with Gasteiger partial charge in [-0.15, -0.1) is 0 Å². The summed E-state index contributed by atoms with van der Waals surface area (Å²) >= 11 is 5.94. The Morgan fingerprint density at radius 3 is 2.69 bits per heavy atom. The molecule has 8 heteroatoms. The SMILES string of the molecule is CCN(C)C=NC1C=CC(N(C)S(=O)(=O)Cc2cccc(Cl)c2)=NC1C. The fourth-order valence-electron chi connectivity index (χ4n) is 2.38. The average molecular weight is 397 g/mol. The lowest BCUT2D eigenvalue weighted by atomic mass is 10.1. The molecule has 142 valence electrons. The van der Waals surface area contributed by atoms with Crippen molar-refractivity contribution in [3.05, 3.63) is 47.0 Å². The third kappa shape index (κ3) is 5.32. The Morgan fingerprint density at radius 2 is 2.08 bits per heavy atom. The lowest BCUT2D eigenvalue weighted by molar-refractivity contribution is 0.536. The highest BCUT2D eigenvalue weighted by Gasteiger charge is 2.25. The van der Waals surface area contributed by atoms with E-state index in [4.69, 9.17) is 11.6 Å². The lowest BCUT2D eigenvalue weighted by Crippen LogP contribution is -2.37. The van der Waals surface area contributed by atoms with Gasteiger partial charge in [-0.3, -0.25) is 14.3 Å². The Balaban J connectivity index is 2.11. The summed E-state index contributed by atoms with van der Waals surface area (Å²) in [6.07, 6.45) is 5.38. The van der Waals surface area contributed by atoms with Crippen LogP contribution in [0.15, 0.2) is 46.4 Å². The number of nitrogens with zero attached hydrogens (tertiary/aromatic N) is 4. The van der Waals surface area contributed by atoms with Crippen molar-refractivity contribution >= 4 is 33.8 Å². The second kappa shape index (κ2) is 8.68. The first kappa shape index (κ1) is 20.5. The summed E-state index contributed by atoms with van der Waals surface area (Å²) in [5.74, 6) is 0.281. The number of rotatable bonds is 6. The van der Waals surface area contributed by atoms with E-state index >= 15 is 0 Å². The van der Waals surface area contributed by atoms with Crippen LogP contribution in [0.25, 0.3) is 0 Å². The molecule has 1 aliphatic rings. The highest BCUT2D eigenvalue weighted by Crippen LogP contribution is 2.18. The van der Waals surface area contributed by atoms with Gasteiger partial charge in [-0.1, -0.05) is 29.8 Å². The number of hydrogen-bond acceptors (Lipinski definition) is 4. The minimum Gasteiger partial charge on any atom is -0.366 e. The third-order valence-electron chi connectivity index (χ3n) is 4.19. The van der Waals surface area contributed by atoms with E-state index in [1.165, 1.54) is 11.4 Å². The van der Waals surface area contributed by atoms with Crippen LogP contribution in [-0.2, 0) is 15.8 Å². The van der Waals surface area contributed by atoms with Gasteiger partial charge >= 0.3 is 0 Å². The lowest BCUT2D eigenvalue weighted by Gasteiger charge is -2.25. The second-order valence-corrected chi connectivity index (χ2v) is 8.71. The molecule has 0 bridgehead atoms. The van der Waals surface area contributed by atoms with Gasteiger partial charge in [0.2, 0.25) is 10.0 Å². The van der Waals surface area contributed by atoms with Crippen LogP contribution >= 0.6 is 11.6 Å². The van der Waals surface area contributed by atoms with Gasteiger partial charge < -0.3 is 4.90 Å². The van der Waals surface area contributed by atoms with Crippen LogP contribution in [0.3, 0.4) is 0 Å². The monoisotopic (exact) mass is 396 g/mol. The van der Waals surface area contributed by atoms with Gasteiger partial charge in [0.15, 0.2) is 0 Å². The summed E-state index contributed by atoms with van der Waals surface area (Å²) in [5, 5.41) is 0.515. The van der Waals surface area contributed by atoms with Crippen molar-refractivity contribution in [2.75, 3.05) is 20.6 Å². The molecule has 0 fully saturated rings. The van der Waals surface area contributed by atoms with Gasteiger partial charge in [0.05, 0.1) is 24.2 Å². The summed E-state index contributed by atoms with van der Waals surface area (Å²) in [6.45, 7) is 4.84. The number of dihydropyridines is 1. The molecule has 0 aromatic heterocycles. The van der Waals surface area contributed by atoms with E-state index in [1.807, 2.05) is 31.9 Å². The van der Waals surface area contributed by atoms with Crippen LogP contribution in [-0.4, -0.2) is 62.5 Å². The number of benzene rings is 1. The third-order valence-corrected chi connectivity index (χ3v) is 6.14. The first-order valence-electron chi connectivity index (χ1n) is 8.43. The summed E-state index contributed by atoms with van der Waals surface area (Å²) in [4.78, 5) is 11.0.